The second kappa shape index (κ2) is 5.32. The van der Waals surface area contributed by atoms with E-state index in [1.54, 1.807) is 0 Å². The van der Waals surface area contributed by atoms with Crippen LogP contribution in [0.2, 0.25) is 0 Å². The number of hydrogen-bond donors (Lipinski definition) is 1. The molecule has 4 nitrogen and oxygen atoms in total. The second-order valence-electron chi connectivity index (χ2n) is 5.11. The Labute approximate surface area is 129 Å². The number of hydrogen-bond acceptors (Lipinski definition) is 4. The predicted molar refractivity (Wildman–Crippen MR) is 76.7 cm³/mol. The quantitative estimate of drug-likeness (QED) is 0.906. The Bertz CT molecular complexity index is 725. The standard InChI is InChI=1S/C14H13F3N4S/c1-2-9-3-4-11(22-9)10-5-12(14(15,16)17)21-13(20-10)8(6-18)7-19-21/h3-4,7,10,12,20H,2,5H2,1H3/t10-,12-/m0/s1. The number of aromatic nitrogens is 2. The van der Waals surface area contributed by atoms with Gasteiger partial charge in [-0.25, -0.2) is 4.68 Å². The molecular weight excluding hydrogens is 313 g/mol. The number of nitrogens with zero attached hydrogens (tertiary/aromatic N) is 3. The average Bonchev–Trinajstić information content (AvgIpc) is 3.11. The molecule has 1 aliphatic rings. The van der Waals surface area contributed by atoms with Crippen molar-refractivity contribution in [3.63, 3.8) is 0 Å². The number of halogens is 3. The highest BCUT2D eigenvalue weighted by Gasteiger charge is 2.47. The van der Waals surface area contributed by atoms with Gasteiger partial charge in [0.15, 0.2) is 6.04 Å². The van der Waals surface area contributed by atoms with Gasteiger partial charge in [-0.05, 0) is 18.6 Å². The summed E-state index contributed by atoms with van der Waals surface area (Å²) in [5.74, 6) is 0.146. The van der Waals surface area contributed by atoms with E-state index < -0.39 is 18.3 Å². The minimum absolute atomic E-state index is 0.131. The summed E-state index contributed by atoms with van der Waals surface area (Å²) in [7, 11) is 0. The molecule has 3 rings (SSSR count). The molecule has 1 N–H and O–H groups in total. The van der Waals surface area contributed by atoms with Crippen LogP contribution < -0.4 is 5.32 Å². The molecule has 0 aromatic carbocycles. The van der Waals surface area contributed by atoms with Gasteiger partial charge in [-0.3, -0.25) is 0 Å². The number of thiophene rings is 1. The van der Waals surface area contributed by atoms with Crippen LogP contribution in [0.15, 0.2) is 18.3 Å². The number of aryl methyl sites for hydroxylation is 1. The first-order valence-electron chi connectivity index (χ1n) is 6.83. The number of nitrogens with one attached hydrogen (secondary N) is 1. The lowest BCUT2D eigenvalue weighted by Gasteiger charge is -2.33. The topological polar surface area (TPSA) is 53.6 Å². The number of rotatable bonds is 2. The fourth-order valence-electron chi connectivity index (χ4n) is 2.60. The average molecular weight is 326 g/mol. The Balaban J connectivity index is 2.01. The molecule has 3 heterocycles. The lowest BCUT2D eigenvalue weighted by Crippen LogP contribution is -2.35. The summed E-state index contributed by atoms with van der Waals surface area (Å²) in [6, 6.07) is 3.49. The zero-order valence-corrected chi connectivity index (χ0v) is 12.5. The highest BCUT2D eigenvalue weighted by Crippen LogP contribution is 2.45. The zero-order chi connectivity index (χ0) is 15.9. The van der Waals surface area contributed by atoms with Gasteiger partial charge < -0.3 is 5.32 Å². The number of anilines is 1. The van der Waals surface area contributed by atoms with E-state index in [0.717, 1.165) is 20.9 Å². The van der Waals surface area contributed by atoms with E-state index in [-0.39, 0.29) is 17.8 Å². The Kier molecular flexibility index (Phi) is 3.60. The van der Waals surface area contributed by atoms with Crippen LogP contribution in [0.1, 0.15) is 40.7 Å². The maximum Gasteiger partial charge on any atom is 0.410 e. The van der Waals surface area contributed by atoms with E-state index in [4.69, 9.17) is 5.26 Å². The van der Waals surface area contributed by atoms with Gasteiger partial charge in [0.2, 0.25) is 0 Å². The molecule has 116 valence electrons. The van der Waals surface area contributed by atoms with Crippen molar-refractivity contribution in [2.24, 2.45) is 0 Å². The summed E-state index contributed by atoms with van der Waals surface area (Å²) in [4.78, 5) is 1.97. The molecule has 0 fully saturated rings. The monoisotopic (exact) mass is 326 g/mol. The third-order valence-corrected chi connectivity index (χ3v) is 5.08. The first-order chi connectivity index (χ1) is 10.4. The Hall–Kier alpha value is -2.01. The van der Waals surface area contributed by atoms with Crippen LogP contribution in [0, 0.1) is 11.3 Å². The summed E-state index contributed by atoms with van der Waals surface area (Å²) in [5, 5.41) is 15.8. The van der Waals surface area contributed by atoms with Crippen LogP contribution in [-0.2, 0) is 6.42 Å². The highest BCUT2D eigenvalue weighted by atomic mass is 32.1. The van der Waals surface area contributed by atoms with E-state index in [0.29, 0.717) is 0 Å². The van der Waals surface area contributed by atoms with Crippen molar-refractivity contribution in [1.29, 1.82) is 5.26 Å². The summed E-state index contributed by atoms with van der Waals surface area (Å²) in [6.07, 6.45) is -2.51. The fraction of sp³-hybridized carbons (Fsp3) is 0.429. The first-order valence-corrected chi connectivity index (χ1v) is 7.65. The van der Waals surface area contributed by atoms with Crippen LogP contribution >= 0.6 is 11.3 Å². The van der Waals surface area contributed by atoms with Crippen molar-refractivity contribution in [2.75, 3.05) is 5.32 Å². The third kappa shape index (κ3) is 2.46. The molecule has 0 saturated heterocycles. The normalized spacial score (nSPS) is 21.0. The molecule has 0 bridgehead atoms. The SMILES string of the molecule is CCc1ccc([C@@H]2C[C@@H](C(F)(F)F)n3ncc(C#N)c3N2)s1. The molecule has 0 radical (unpaired) electrons. The first kappa shape index (κ1) is 14.9. The van der Waals surface area contributed by atoms with Crippen LogP contribution in [0.3, 0.4) is 0 Å². The van der Waals surface area contributed by atoms with Crippen LogP contribution in [0.25, 0.3) is 0 Å². The maximum atomic E-state index is 13.3. The van der Waals surface area contributed by atoms with E-state index in [1.165, 1.54) is 17.5 Å². The van der Waals surface area contributed by atoms with Crippen LogP contribution in [0.4, 0.5) is 19.0 Å². The molecule has 0 amide bonds. The molecule has 2 atom stereocenters. The van der Waals surface area contributed by atoms with Gasteiger partial charge in [0.25, 0.3) is 0 Å². The molecular formula is C14H13F3N4S. The molecule has 1 aliphatic heterocycles. The Morgan fingerprint density at radius 3 is 2.86 bits per heavy atom. The van der Waals surface area contributed by atoms with Gasteiger partial charge >= 0.3 is 6.18 Å². The number of fused-ring (bicyclic) bond motifs is 1. The van der Waals surface area contributed by atoms with Crippen molar-refractivity contribution >= 4 is 17.2 Å². The molecule has 22 heavy (non-hydrogen) atoms. The van der Waals surface area contributed by atoms with Gasteiger partial charge in [0, 0.05) is 16.2 Å². The zero-order valence-electron chi connectivity index (χ0n) is 11.7. The number of nitriles is 1. The summed E-state index contributed by atoms with van der Waals surface area (Å²) < 4.78 is 40.9. The lowest BCUT2D eigenvalue weighted by atomic mass is 10.0. The summed E-state index contributed by atoms with van der Waals surface area (Å²) >= 11 is 1.50. The van der Waals surface area contributed by atoms with E-state index in [1.807, 2.05) is 25.1 Å². The molecule has 0 aliphatic carbocycles. The van der Waals surface area contributed by atoms with Gasteiger partial charge in [-0.1, -0.05) is 6.92 Å². The van der Waals surface area contributed by atoms with Crippen molar-refractivity contribution in [2.45, 2.75) is 38.0 Å². The molecule has 0 saturated carbocycles. The van der Waals surface area contributed by atoms with Gasteiger partial charge in [-0.2, -0.15) is 23.5 Å². The van der Waals surface area contributed by atoms with E-state index in [9.17, 15) is 13.2 Å². The highest BCUT2D eigenvalue weighted by molar-refractivity contribution is 7.12. The summed E-state index contributed by atoms with van der Waals surface area (Å²) in [6.45, 7) is 2.01. The minimum Gasteiger partial charge on any atom is -0.361 e. The van der Waals surface area contributed by atoms with Crippen molar-refractivity contribution < 1.29 is 13.2 Å². The second-order valence-corrected chi connectivity index (χ2v) is 6.31. The van der Waals surface area contributed by atoms with Gasteiger partial charge in [0.1, 0.15) is 17.5 Å². The van der Waals surface area contributed by atoms with E-state index in [2.05, 4.69) is 10.4 Å². The van der Waals surface area contributed by atoms with Crippen molar-refractivity contribution in [3.05, 3.63) is 33.6 Å². The molecule has 8 heteroatoms. The molecule has 0 spiro atoms. The largest absolute Gasteiger partial charge is 0.410 e. The number of alkyl halides is 3. The van der Waals surface area contributed by atoms with Gasteiger partial charge in [0.05, 0.1) is 12.2 Å². The van der Waals surface area contributed by atoms with E-state index >= 15 is 0 Å². The fourth-order valence-corrected chi connectivity index (χ4v) is 3.62. The molecule has 2 aromatic heterocycles. The van der Waals surface area contributed by atoms with Crippen molar-refractivity contribution in [3.8, 4) is 6.07 Å². The Morgan fingerprint density at radius 2 is 2.27 bits per heavy atom. The Morgan fingerprint density at radius 1 is 1.50 bits per heavy atom. The molecule has 2 aromatic rings. The minimum atomic E-state index is -4.40. The van der Waals surface area contributed by atoms with Crippen LogP contribution in [0.5, 0.6) is 0 Å². The lowest BCUT2D eigenvalue weighted by molar-refractivity contribution is -0.173. The summed E-state index contributed by atoms with van der Waals surface area (Å²) in [5.41, 5.74) is 0.131. The van der Waals surface area contributed by atoms with Crippen molar-refractivity contribution in [1.82, 2.24) is 9.78 Å². The maximum absolute atomic E-state index is 13.3. The smallest absolute Gasteiger partial charge is 0.361 e. The third-order valence-electron chi connectivity index (χ3n) is 3.73. The molecule has 0 unspecified atom stereocenters. The predicted octanol–water partition coefficient (Wildman–Crippen LogP) is 4.04. The van der Waals surface area contributed by atoms with Gasteiger partial charge in [-0.15, -0.1) is 11.3 Å². The van der Waals surface area contributed by atoms with Crippen LogP contribution in [-0.4, -0.2) is 16.0 Å².